The average molecular weight is 410 g/mol. The van der Waals surface area contributed by atoms with Gasteiger partial charge in [0.2, 0.25) is 0 Å². The van der Waals surface area contributed by atoms with Crippen molar-refractivity contribution >= 4 is 11.9 Å². The largest absolute Gasteiger partial charge is 2.00 e. The SMILES string of the molecule is C=C(C)C(=O)[O-].C=C(C)C(=O)[O-].O.[Cu+2].c1ccncc1.c1ccncc1. The molecule has 0 aliphatic carbocycles. The number of rotatable bonds is 2. The number of pyridine rings is 2. The Bertz CT molecular complexity index is 475. The van der Waals surface area contributed by atoms with Gasteiger partial charge in [0.05, 0.1) is 11.9 Å². The molecule has 0 saturated heterocycles. The summed E-state index contributed by atoms with van der Waals surface area (Å²) >= 11 is 0. The summed E-state index contributed by atoms with van der Waals surface area (Å²) in [4.78, 5) is 26.5. The number of nitrogens with zero attached hydrogens (tertiary/aromatic N) is 2. The van der Waals surface area contributed by atoms with Crippen molar-refractivity contribution in [3.63, 3.8) is 0 Å². The molecule has 2 aromatic heterocycles. The molecule has 26 heavy (non-hydrogen) atoms. The van der Waals surface area contributed by atoms with Crippen LogP contribution in [0.5, 0.6) is 0 Å². The molecule has 7 nitrogen and oxygen atoms in total. The third-order valence-electron chi connectivity index (χ3n) is 1.83. The first kappa shape index (κ1) is 31.0. The van der Waals surface area contributed by atoms with E-state index in [0.29, 0.717) is 0 Å². The number of hydrogen-bond acceptors (Lipinski definition) is 6. The number of carbonyl (C=O) groups is 2. The Hall–Kier alpha value is -2.80. The zero-order chi connectivity index (χ0) is 18.8. The fourth-order valence-corrected chi connectivity index (χ4v) is 0.625. The summed E-state index contributed by atoms with van der Waals surface area (Å²) in [5.41, 5.74) is 0.130. The fourth-order valence-electron chi connectivity index (χ4n) is 0.625. The van der Waals surface area contributed by atoms with Crippen molar-refractivity contribution in [3.8, 4) is 0 Å². The van der Waals surface area contributed by atoms with Crippen molar-refractivity contribution in [3.05, 3.63) is 85.5 Å². The Morgan fingerprint density at radius 2 is 0.885 bits per heavy atom. The molecule has 2 N–H and O–H groups in total. The topological polar surface area (TPSA) is 138 Å². The van der Waals surface area contributed by atoms with E-state index in [4.69, 9.17) is 0 Å². The van der Waals surface area contributed by atoms with E-state index in [9.17, 15) is 19.8 Å². The van der Waals surface area contributed by atoms with E-state index in [1.165, 1.54) is 13.8 Å². The van der Waals surface area contributed by atoms with Gasteiger partial charge in [-0.3, -0.25) is 9.97 Å². The maximum absolute atomic E-state index is 9.49. The summed E-state index contributed by atoms with van der Waals surface area (Å²) < 4.78 is 0. The minimum Gasteiger partial charge on any atom is -0.545 e. The molecule has 0 bridgehead atoms. The molecule has 1 radical (unpaired) electrons. The average Bonchev–Trinajstić information content (AvgIpc) is 2.59. The van der Waals surface area contributed by atoms with E-state index in [1.807, 2.05) is 36.4 Å². The Morgan fingerprint density at radius 3 is 0.923 bits per heavy atom. The molecule has 0 aromatic carbocycles. The van der Waals surface area contributed by atoms with Crippen LogP contribution in [0.4, 0.5) is 0 Å². The molecule has 0 unspecified atom stereocenters. The van der Waals surface area contributed by atoms with Crippen LogP contribution in [0.15, 0.2) is 85.5 Å². The molecule has 0 aliphatic rings. The fraction of sp³-hybridized carbons (Fsp3) is 0.111. The number of carboxylic acids is 2. The molecule has 0 fully saturated rings. The van der Waals surface area contributed by atoms with Gasteiger partial charge in [-0.25, -0.2) is 0 Å². The molecular weight excluding hydrogens is 388 g/mol. The van der Waals surface area contributed by atoms with Gasteiger partial charge in [0, 0.05) is 24.8 Å². The molecule has 0 saturated carbocycles. The molecule has 0 amide bonds. The second-order valence-electron chi connectivity index (χ2n) is 4.18. The molecule has 8 heteroatoms. The van der Waals surface area contributed by atoms with Crippen LogP contribution in [0.25, 0.3) is 0 Å². The van der Waals surface area contributed by atoms with Gasteiger partial charge in [0.15, 0.2) is 0 Å². The van der Waals surface area contributed by atoms with Crippen LogP contribution >= 0.6 is 0 Å². The molecule has 2 aromatic rings. The van der Waals surface area contributed by atoms with Crippen molar-refractivity contribution in [1.29, 1.82) is 0 Å². The van der Waals surface area contributed by atoms with Crippen LogP contribution in [0, 0.1) is 0 Å². The van der Waals surface area contributed by atoms with E-state index in [0.717, 1.165) is 0 Å². The number of aliphatic carboxylic acids is 2. The summed E-state index contributed by atoms with van der Waals surface area (Å²) in [6.07, 6.45) is 7.00. The Labute approximate surface area is 163 Å². The zero-order valence-electron chi connectivity index (χ0n) is 14.5. The van der Waals surface area contributed by atoms with E-state index >= 15 is 0 Å². The summed E-state index contributed by atoms with van der Waals surface area (Å²) in [5.74, 6) is -2.37. The summed E-state index contributed by atoms with van der Waals surface area (Å²) in [6, 6.07) is 11.4. The minimum atomic E-state index is -1.19. The first-order chi connectivity index (χ1) is 11.3. The first-order valence-corrected chi connectivity index (χ1v) is 6.72. The van der Waals surface area contributed by atoms with Crippen LogP contribution < -0.4 is 10.2 Å². The molecular formula is C18H22CuN2O5. The van der Waals surface area contributed by atoms with Gasteiger partial charge in [-0.15, -0.1) is 0 Å². The number of hydrogen-bond donors (Lipinski definition) is 0. The molecule has 0 atom stereocenters. The zero-order valence-corrected chi connectivity index (χ0v) is 15.5. The number of carbonyl (C=O) groups excluding carboxylic acids is 2. The molecule has 0 aliphatic heterocycles. The van der Waals surface area contributed by atoms with E-state index < -0.39 is 11.9 Å². The molecule has 0 spiro atoms. The minimum absolute atomic E-state index is 0. The normalized spacial score (nSPS) is 7.15. The van der Waals surface area contributed by atoms with Crippen molar-refractivity contribution in [1.82, 2.24) is 9.97 Å². The second kappa shape index (κ2) is 22.2. The smallest absolute Gasteiger partial charge is 0.545 e. The van der Waals surface area contributed by atoms with Crippen molar-refractivity contribution < 1.29 is 42.3 Å². The van der Waals surface area contributed by atoms with Gasteiger partial charge in [0.25, 0.3) is 0 Å². The van der Waals surface area contributed by atoms with Crippen LogP contribution in [0.1, 0.15) is 13.8 Å². The van der Waals surface area contributed by atoms with E-state index in [1.54, 1.807) is 24.8 Å². The Morgan fingerprint density at radius 1 is 0.692 bits per heavy atom. The van der Waals surface area contributed by atoms with Crippen molar-refractivity contribution in [2.45, 2.75) is 13.8 Å². The standard InChI is InChI=1S/2C5H5N.2C4H6O2.Cu.H2O/c2*1-2-4-6-5-3-1;2*1-3(2)4(5)6;;/h2*1-5H;2*1H2,2H3,(H,5,6);;1H2/q;;;;+2;/p-2. The van der Waals surface area contributed by atoms with Crippen LogP contribution in [-0.4, -0.2) is 27.4 Å². The molecule has 2 heterocycles. The van der Waals surface area contributed by atoms with E-state index in [2.05, 4.69) is 23.1 Å². The Kier molecular flexibility index (Phi) is 26.5. The van der Waals surface area contributed by atoms with Crippen molar-refractivity contribution in [2.24, 2.45) is 0 Å². The third-order valence-corrected chi connectivity index (χ3v) is 1.83. The van der Waals surface area contributed by atoms with Crippen LogP contribution in [0.3, 0.4) is 0 Å². The maximum Gasteiger partial charge on any atom is 2.00 e. The van der Waals surface area contributed by atoms with Gasteiger partial charge in [-0.1, -0.05) is 25.3 Å². The first-order valence-electron chi connectivity index (χ1n) is 6.72. The second-order valence-corrected chi connectivity index (χ2v) is 4.18. The van der Waals surface area contributed by atoms with Crippen molar-refractivity contribution in [2.75, 3.05) is 0 Å². The van der Waals surface area contributed by atoms with Crippen LogP contribution in [-0.2, 0) is 26.7 Å². The summed E-state index contributed by atoms with van der Waals surface area (Å²) in [6.45, 7) is 8.95. The quantitative estimate of drug-likeness (QED) is 0.503. The molecule has 145 valence electrons. The van der Waals surface area contributed by atoms with Gasteiger partial charge < -0.3 is 25.3 Å². The maximum atomic E-state index is 9.49. The van der Waals surface area contributed by atoms with Gasteiger partial charge in [0.1, 0.15) is 0 Å². The Balaban J connectivity index is -0.000000121. The van der Waals surface area contributed by atoms with Gasteiger partial charge in [-0.2, -0.15) is 0 Å². The summed E-state index contributed by atoms with van der Waals surface area (Å²) in [5, 5.41) is 19.0. The van der Waals surface area contributed by atoms with Gasteiger partial charge >= 0.3 is 17.1 Å². The molecule has 2 rings (SSSR count). The van der Waals surface area contributed by atoms with E-state index in [-0.39, 0.29) is 33.7 Å². The number of aromatic nitrogens is 2. The van der Waals surface area contributed by atoms with Gasteiger partial charge in [-0.05, 0) is 49.3 Å². The monoisotopic (exact) mass is 409 g/mol. The van der Waals surface area contributed by atoms with Crippen LogP contribution in [0.2, 0.25) is 0 Å². The summed E-state index contributed by atoms with van der Waals surface area (Å²) in [7, 11) is 0. The predicted molar refractivity (Wildman–Crippen MR) is 91.7 cm³/mol. The third kappa shape index (κ3) is 29.2. The number of carboxylic acid groups (broad SMARTS) is 2. The predicted octanol–water partition coefficient (Wildman–Crippen LogP) is -0.0392.